The molecule has 0 saturated heterocycles. The van der Waals surface area contributed by atoms with Gasteiger partial charge in [0.25, 0.3) is 0 Å². The molecule has 0 aliphatic carbocycles. The van der Waals surface area contributed by atoms with Crippen LogP contribution in [0.15, 0.2) is 36.7 Å². The van der Waals surface area contributed by atoms with Crippen molar-refractivity contribution in [2.75, 3.05) is 20.8 Å². The van der Waals surface area contributed by atoms with Gasteiger partial charge in [0.1, 0.15) is 17.2 Å². The van der Waals surface area contributed by atoms with E-state index in [-0.39, 0.29) is 0 Å². The van der Waals surface area contributed by atoms with Crippen molar-refractivity contribution in [1.29, 1.82) is 0 Å². The summed E-state index contributed by atoms with van der Waals surface area (Å²) in [6.45, 7) is 0.720. The van der Waals surface area contributed by atoms with Crippen LogP contribution in [0.4, 0.5) is 0 Å². The summed E-state index contributed by atoms with van der Waals surface area (Å²) in [5.41, 5.74) is 2.42. The number of methoxy groups -OCH3 is 2. The molecule has 1 aromatic carbocycles. The van der Waals surface area contributed by atoms with Crippen molar-refractivity contribution in [3.8, 4) is 17.2 Å². The summed E-state index contributed by atoms with van der Waals surface area (Å²) in [6, 6.07) is 8.07. The summed E-state index contributed by atoms with van der Waals surface area (Å²) < 4.78 is 16.3. The van der Waals surface area contributed by atoms with Gasteiger partial charge >= 0.3 is 0 Å². The zero-order valence-electron chi connectivity index (χ0n) is 12.3. The maximum atomic E-state index is 5.88. The Balaban J connectivity index is 1.71. The molecule has 0 fully saturated rings. The largest absolute Gasteiger partial charge is 0.497 e. The molecule has 0 radical (unpaired) electrons. The van der Waals surface area contributed by atoms with Crippen molar-refractivity contribution in [2.24, 2.45) is 5.92 Å². The zero-order chi connectivity index (χ0) is 14.7. The minimum Gasteiger partial charge on any atom is -0.497 e. The fraction of sp³-hybridized carbons (Fsp3) is 0.353. The third-order valence-corrected chi connectivity index (χ3v) is 3.79. The maximum Gasteiger partial charge on any atom is 0.137 e. The number of nitrogens with zero attached hydrogens (tertiary/aromatic N) is 1. The molecule has 1 aliphatic heterocycles. The van der Waals surface area contributed by atoms with Gasteiger partial charge in [0, 0.05) is 18.2 Å². The van der Waals surface area contributed by atoms with Crippen LogP contribution in [0.1, 0.15) is 11.1 Å². The Labute approximate surface area is 124 Å². The van der Waals surface area contributed by atoms with Crippen molar-refractivity contribution in [1.82, 2.24) is 4.98 Å². The van der Waals surface area contributed by atoms with Crippen LogP contribution in [-0.4, -0.2) is 25.8 Å². The average Bonchev–Trinajstić information content (AvgIpc) is 2.54. The summed E-state index contributed by atoms with van der Waals surface area (Å²) >= 11 is 0. The van der Waals surface area contributed by atoms with Gasteiger partial charge in [-0.1, -0.05) is 6.07 Å². The number of hydrogen-bond donors (Lipinski definition) is 0. The summed E-state index contributed by atoms with van der Waals surface area (Å²) in [7, 11) is 3.33. The third-order valence-electron chi connectivity index (χ3n) is 3.79. The van der Waals surface area contributed by atoms with Crippen molar-refractivity contribution < 1.29 is 14.2 Å². The Morgan fingerprint density at radius 1 is 1.14 bits per heavy atom. The van der Waals surface area contributed by atoms with Gasteiger partial charge in [-0.25, -0.2) is 0 Å². The van der Waals surface area contributed by atoms with Crippen molar-refractivity contribution >= 4 is 0 Å². The van der Waals surface area contributed by atoms with E-state index < -0.39 is 0 Å². The molecule has 1 aromatic heterocycles. The van der Waals surface area contributed by atoms with Crippen LogP contribution in [0, 0.1) is 5.92 Å². The van der Waals surface area contributed by atoms with E-state index in [1.807, 2.05) is 24.4 Å². The molecule has 1 atom stereocenters. The lowest BCUT2D eigenvalue weighted by Crippen LogP contribution is -2.22. The van der Waals surface area contributed by atoms with Gasteiger partial charge in [0.05, 0.1) is 27.0 Å². The van der Waals surface area contributed by atoms with Gasteiger partial charge < -0.3 is 14.2 Å². The first kappa shape index (κ1) is 13.7. The van der Waals surface area contributed by atoms with Crippen LogP contribution >= 0.6 is 0 Å². The molecule has 0 spiro atoms. The van der Waals surface area contributed by atoms with Crippen LogP contribution < -0.4 is 14.2 Å². The fourth-order valence-corrected chi connectivity index (χ4v) is 2.69. The third kappa shape index (κ3) is 3.10. The lowest BCUT2D eigenvalue weighted by Gasteiger charge is -2.25. The van der Waals surface area contributed by atoms with E-state index in [9.17, 15) is 0 Å². The average molecular weight is 285 g/mol. The Bertz CT molecular complexity index is 627. The lowest BCUT2D eigenvalue weighted by atomic mass is 9.91. The van der Waals surface area contributed by atoms with Crippen molar-refractivity contribution in [2.45, 2.75) is 12.8 Å². The maximum absolute atomic E-state index is 5.88. The second kappa shape index (κ2) is 6.04. The first-order chi connectivity index (χ1) is 10.3. The van der Waals surface area contributed by atoms with E-state index in [2.05, 4.69) is 11.1 Å². The molecule has 0 bridgehead atoms. The molecule has 2 heterocycles. The second-order valence-corrected chi connectivity index (χ2v) is 5.29. The molecule has 0 amide bonds. The van der Waals surface area contributed by atoms with Crippen LogP contribution in [0.5, 0.6) is 17.2 Å². The predicted octanol–water partition coefficient (Wildman–Crippen LogP) is 2.89. The fourth-order valence-electron chi connectivity index (χ4n) is 2.69. The molecule has 2 aromatic rings. The molecule has 1 aliphatic rings. The van der Waals surface area contributed by atoms with E-state index in [1.165, 1.54) is 11.1 Å². The number of hydrogen-bond acceptors (Lipinski definition) is 4. The quantitative estimate of drug-likeness (QED) is 0.866. The molecular weight excluding hydrogens is 266 g/mol. The SMILES string of the molecule is COc1cncc(C[C@@H]2COc3cc(OC)ccc3C2)c1. The molecule has 0 N–H and O–H groups in total. The summed E-state index contributed by atoms with van der Waals surface area (Å²) in [5.74, 6) is 3.03. The highest BCUT2D eigenvalue weighted by Gasteiger charge is 2.21. The molecular formula is C17H19NO3. The Morgan fingerprint density at radius 3 is 2.81 bits per heavy atom. The number of benzene rings is 1. The van der Waals surface area contributed by atoms with Crippen LogP contribution in [0.25, 0.3) is 0 Å². The first-order valence-electron chi connectivity index (χ1n) is 7.06. The van der Waals surface area contributed by atoms with Crippen LogP contribution in [-0.2, 0) is 12.8 Å². The lowest BCUT2D eigenvalue weighted by molar-refractivity contribution is 0.220. The van der Waals surface area contributed by atoms with Crippen molar-refractivity contribution in [3.05, 3.63) is 47.8 Å². The normalized spacial score (nSPS) is 16.8. The van der Waals surface area contributed by atoms with Crippen LogP contribution in [0.2, 0.25) is 0 Å². The summed E-state index contributed by atoms with van der Waals surface area (Å²) in [4.78, 5) is 4.21. The number of rotatable bonds is 4. The summed E-state index contributed by atoms with van der Waals surface area (Å²) in [5, 5.41) is 0. The van der Waals surface area contributed by atoms with E-state index in [0.717, 1.165) is 36.7 Å². The standard InChI is InChI=1S/C17H19NO3/c1-19-15-4-3-14-6-13(11-21-17(14)8-15)5-12-7-16(20-2)10-18-9-12/h3-4,7-10,13H,5-6,11H2,1-2H3/t13-/m0/s1. The molecule has 21 heavy (non-hydrogen) atoms. The number of ether oxygens (including phenoxy) is 3. The van der Waals surface area contributed by atoms with Gasteiger partial charge in [-0.2, -0.15) is 0 Å². The molecule has 0 saturated carbocycles. The predicted molar refractivity (Wildman–Crippen MR) is 80.2 cm³/mol. The van der Waals surface area contributed by atoms with E-state index >= 15 is 0 Å². The highest BCUT2D eigenvalue weighted by Crippen LogP contribution is 2.32. The number of pyridine rings is 1. The highest BCUT2D eigenvalue weighted by atomic mass is 16.5. The van der Waals surface area contributed by atoms with Gasteiger partial charge in [0.15, 0.2) is 0 Å². The van der Waals surface area contributed by atoms with E-state index in [4.69, 9.17) is 14.2 Å². The molecule has 4 heteroatoms. The van der Waals surface area contributed by atoms with Crippen molar-refractivity contribution in [3.63, 3.8) is 0 Å². The molecule has 4 nitrogen and oxygen atoms in total. The monoisotopic (exact) mass is 285 g/mol. The zero-order valence-corrected chi connectivity index (χ0v) is 12.3. The highest BCUT2D eigenvalue weighted by molar-refractivity contribution is 5.42. The van der Waals surface area contributed by atoms with Crippen LogP contribution in [0.3, 0.4) is 0 Å². The van der Waals surface area contributed by atoms with Gasteiger partial charge in [-0.3, -0.25) is 4.98 Å². The van der Waals surface area contributed by atoms with Gasteiger partial charge in [-0.15, -0.1) is 0 Å². The summed E-state index contributed by atoms with van der Waals surface area (Å²) in [6.07, 6.45) is 5.57. The van der Waals surface area contributed by atoms with Gasteiger partial charge in [0.2, 0.25) is 0 Å². The number of fused-ring (bicyclic) bond motifs is 1. The first-order valence-corrected chi connectivity index (χ1v) is 7.06. The molecule has 110 valence electrons. The minimum absolute atomic E-state index is 0.458. The Morgan fingerprint density at radius 2 is 2.00 bits per heavy atom. The molecule has 0 unspecified atom stereocenters. The van der Waals surface area contributed by atoms with Gasteiger partial charge in [-0.05, 0) is 36.1 Å². The smallest absolute Gasteiger partial charge is 0.137 e. The Hall–Kier alpha value is -2.23. The second-order valence-electron chi connectivity index (χ2n) is 5.29. The Kier molecular flexibility index (Phi) is 3.95. The minimum atomic E-state index is 0.458. The number of aromatic nitrogens is 1. The molecule has 3 rings (SSSR count). The van der Waals surface area contributed by atoms with E-state index in [1.54, 1.807) is 20.4 Å². The van der Waals surface area contributed by atoms with E-state index in [0.29, 0.717) is 5.92 Å². The topological polar surface area (TPSA) is 40.6 Å².